The van der Waals surface area contributed by atoms with Gasteiger partial charge < -0.3 is 10.0 Å². The molecule has 3 rings (SSSR count). The van der Waals surface area contributed by atoms with E-state index in [0.29, 0.717) is 5.57 Å². The first-order valence-electron chi connectivity index (χ1n) is 8.07. The number of carboxylic acid groups (broad SMARTS) is 1. The topological polar surface area (TPSA) is 40.5 Å². The van der Waals surface area contributed by atoms with Crippen LogP contribution in [0.5, 0.6) is 0 Å². The predicted octanol–water partition coefficient (Wildman–Crippen LogP) is 5.64. The van der Waals surface area contributed by atoms with Crippen molar-refractivity contribution < 1.29 is 9.90 Å². The molecule has 0 aromatic heterocycles. The third-order valence-corrected chi connectivity index (χ3v) is 3.90. The second-order valence-corrected chi connectivity index (χ2v) is 5.73. The van der Waals surface area contributed by atoms with Crippen LogP contribution in [0.1, 0.15) is 12.5 Å². The number of carboxylic acids is 1. The maximum Gasteiger partial charge on any atom is 0.331 e. The molecule has 0 saturated carbocycles. The number of rotatable bonds is 5. The summed E-state index contributed by atoms with van der Waals surface area (Å²) < 4.78 is 0. The zero-order chi connectivity index (χ0) is 17.6. The van der Waals surface area contributed by atoms with Gasteiger partial charge in [0.05, 0.1) is 0 Å². The third-order valence-electron chi connectivity index (χ3n) is 3.90. The Morgan fingerprint density at radius 1 is 0.760 bits per heavy atom. The van der Waals surface area contributed by atoms with Crippen molar-refractivity contribution in [1.29, 1.82) is 0 Å². The molecule has 0 aliphatic carbocycles. The number of hydrogen-bond acceptors (Lipinski definition) is 2. The third kappa shape index (κ3) is 3.96. The summed E-state index contributed by atoms with van der Waals surface area (Å²) >= 11 is 0. The van der Waals surface area contributed by atoms with Gasteiger partial charge in [0, 0.05) is 22.6 Å². The summed E-state index contributed by atoms with van der Waals surface area (Å²) in [6.07, 6.45) is 1.67. The number of aliphatic carboxylic acids is 1. The summed E-state index contributed by atoms with van der Waals surface area (Å²) in [6.45, 7) is 1.59. The normalized spacial score (nSPS) is 11.2. The van der Waals surface area contributed by atoms with Crippen molar-refractivity contribution in [2.45, 2.75) is 6.92 Å². The number of hydrogen-bond donors (Lipinski definition) is 1. The summed E-state index contributed by atoms with van der Waals surface area (Å²) in [4.78, 5) is 13.1. The molecule has 0 saturated heterocycles. The Morgan fingerprint density at radius 2 is 1.20 bits per heavy atom. The molecule has 3 heteroatoms. The molecule has 0 unspecified atom stereocenters. The molecule has 0 aliphatic heterocycles. The van der Waals surface area contributed by atoms with Crippen LogP contribution in [0.2, 0.25) is 0 Å². The molecule has 0 fully saturated rings. The highest BCUT2D eigenvalue weighted by atomic mass is 16.4. The number of carbonyl (C=O) groups is 1. The molecule has 25 heavy (non-hydrogen) atoms. The first kappa shape index (κ1) is 16.5. The SMILES string of the molecule is C/C(=C\c1ccc(N(c2ccccc2)c2ccccc2)cc1)C(=O)O. The van der Waals surface area contributed by atoms with Gasteiger partial charge in [-0.25, -0.2) is 4.79 Å². The lowest BCUT2D eigenvalue weighted by Gasteiger charge is -2.25. The predicted molar refractivity (Wildman–Crippen MR) is 102 cm³/mol. The quantitative estimate of drug-likeness (QED) is 0.615. The van der Waals surface area contributed by atoms with Gasteiger partial charge in [0.1, 0.15) is 0 Å². The van der Waals surface area contributed by atoms with Crippen LogP contribution in [-0.2, 0) is 4.79 Å². The molecule has 0 heterocycles. The molecule has 3 aromatic carbocycles. The van der Waals surface area contributed by atoms with Crippen LogP contribution in [0.15, 0.2) is 90.5 Å². The zero-order valence-corrected chi connectivity index (χ0v) is 14.0. The van der Waals surface area contributed by atoms with Gasteiger partial charge in [-0.3, -0.25) is 0 Å². The second kappa shape index (κ2) is 7.49. The van der Waals surface area contributed by atoms with Crippen LogP contribution in [0.25, 0.3) is 6.08 Å². The minimum Gasteiger partial charge on any atom is -0.478 e. The molecule has 0 spiro atoms. The van der Waals surface area contributed by atoms with E-state index >= 15 is 0 Å². The fourth-order valence-electron chi connectivity index (χ4n) is 2.63. The molecule has 0 atom stereocenters. The maximum absolute atomic E-state index is 11.0. The molecule has 0 aliphatic rings. The average molecular weight is 329 g/mol. The van der Waals surface area contributed by atoms with E-state index in [1.54, 1.807) is 13.0 Å². The molecule has 124 valence electrons. The van der Waals surface area contributed by atoms with Crippen LogP contribution >= 0.6 is 0 Å². The lowest BCUT2D eigenvalue weighted by atomic mass is 10.1. The lowest BCUT2D eigenvalue weighted by molar-refractivity contribution is -0.132. The van der Waals surface area contributed by atoms with Gasteiger partial charge in [-0.1, -0.05) is 48.5 Å². The summed E-state index contributed by atoms with van der Waals surface area (Å²) in [6, 6.07) is 28.2. The molecule has 0 amide bonds. The van der Waals surface area contributed by atoms with Gasteiger partial charge in [-0.15, -0.1) is 0 Å². The van der Waals surface area contributed by atoms with E-state index in [4.69, 9.17) is 5.11 Å². The molecule has 0 radical (unpaired) electrons. The molecule has 3 nitrogen and oxygen atoms in total. The van der Waals surface area contributed by atoms with Crippen molar-refractivity contribution in [3.63, 3.8) is 0 Å². The largest absolute Gasteiger partial charge is 0.478 e. The Hall–Kier alpha value is -3.33. The standard InChI is InChI=1S/C22H19NO2/c1-17(22(24)25)16-18-12-14-21(15-13-18)23(19-8-4-2-5-9-19)20-10-6-3-7-11-20/h2-16H,1H3,(H,24,25)/b17-16+. The molecular weight excluding hydrogens is 310 g/mol. The highest BCUT2D eigenvalue weighted by molar-refractivity contribution is 5.91. The first-order valence-corrected chi connectivity index (χ1v) is 8.07. The van der Waals surface area contributed by atoms with E-state index in [1.807, 2.05) is 60.7 Å². The molecule has 0 bridgehead atoms. The van der Waals surface area contributed by atoms with Gasteiger partial charge in [0.25, 0.3) is 0 Å². The fraction of sp³-hybridized carbons (Fsp3) is 0.0455. The Kier molecular flexibility index (Phi) is 4.95. The molecular formula is C22H19NO2. The van der Waals surface area contributed by atoms with E-state index in [2.05, 4.69) is 29.2 Å². The minimum atomic E-state index is -0.903. The Labute approximate surface area is 147 Å². The smallest absolute Gasteiger partial charge is 0.331 e. The highest BCUT2D eigenvalue weighted by Gasteiger charge is 2.11. The number of para-hydroxylation sites is 2. The first-order chi connectivity index (χ1) is 12.1. The van der Waals surface area contributed by atoms with Crippen molar-refractivity contribution in [2.75, 3.05) is 4.90 Å². The molecule has 1 N–H and O–H groups in total. The summed E-state index contributed by atoms with van der Waals surface area (Å²) in [5.41, 5.74) is 4.33. The van der Waals surface area contributed by atoms with Gasteiger partial charge >= 0.3 is 5.97 Å². The van der Waals surface area contributed by atoms with Crippen LogP contribution in [0.4, 0.5) is 17.1 Å². The van der Waals surface area contributed by atoms with Crippen LogP contribution < -0.4 is 4.90 Å². The zero-order valence-electron chi connectivity index (χ0n) is 14.0. The second-order valence-electron chi connectivity index (χ2n) is 5.73. The fourth-order valence-corrected chi connectivity index (χ4v) is 2.63. The number of nitrogens with zero attached hydrogens (tertiary/aromatic N) is 1. The summed E-state index contributed by atoms with van der Waals surface area (Å²) in [5.74, 6) is -0.903. The van der Waals surface area contributed by atoms with E-state index in [0.717, 1.165) is 22.6 Å². The van der Waals surface area contributed by atoms with Crippen molar-refractivity contribution in [2.24, 2.45) is 0 Å². The van der Waals surface area contributed by atoms with E-state index in [-0.39, 0.29) is 0 Å². The molecule has 3 aromatic rings. The van der Waals surface area contributed by atoms with Crippen LogP contribution in [0.3, 0.4) is 0 Å². The minimum absolute atomic E-state index is 0.315. The van der Waals surface area contributed by atoms with Gasteiger partial charge in [0.2, 0.25) is 0 Å². The monoisotopic (exact) mass is 329 g/mol. The Bertz CT molecular complexity index is 829. The summed E-state index contributed by atoms with van der Waals surface area (Å²) in [7, 11) is 0. The average Bonchev–Trinajstić information content (AvgIpc) is 2.65. The van der Waals surface area contributed by atoms with E-state index in [9.17, 15) is 4.79 Å². The highest BCUT2D eigenvalue weighted by Crippen LogP contribution is 2.34. The van der Waals surface area contributed by atoms with E-state index < -0.39 is 5.97 Å². The van der Waals surface area contributed by atoms with E-state index in [1.165, 1.54) is 0 Å². The maximum atomic E-state index is 11.0. The lowest BCUT2D eigenvalue weighted by Crippen LogP contribution is -2.09. The van der Waals surface area contributed by atoms with Crippen molar-refractivity contribution >= 4 is 29.1 Å². The van der Waals surface area contributed by atoms with Crippen molar-refractivity contribution in [1.82, 2.24) is 0 Å². The van der Waals surface area contributed by atoms with Gasteiger partial charge in [-0.2, -0.15) is 0 Å². The van der Waals surface area contributed by atoms with Gasteiger partial charge in [-0.05, 0) is 55.0 Å². The van der Waals surface area contributed by atoms with Crippen molar-refractivity contribution in [3.8, 4) is 0 Å². The van der Waals surface area contributed by atoms with Gasteiger partial charge in [0.15, 0.2) is 0 Å². The number of benzene rings is 3. The van der Waals surface area contributed by atoms with Crippen LogP contribution in [0, 0.1) is 0 Å². The Morgan fingerprint density at radius 3 is 1.64 bits per heavy atom. The van der Waals surface area contributed by atoms with Crippen molar-refractivity contribution in [3.05, 3.63) is 96.1 Å². The number of anilines is 3. The summed E-state index contributed by atoms with van der Waals surface area (Å²) in [5, 5.41) is 9.01. The Balaban J connectivity index is 2.00. The van der Waals surface area contributed by atoms with Crippen LogP contribution in [-0.4, -0.2) is 11.1 Å².